The van der Waals surface area contributed by atoms with Gasteiger partial charge in [-0.15, -0.1) is 0 Å². The molecule has 7 nitrogen and oxygen atoms in total. The molecule has 0 aromatic heterocycles. The first kappa shape index (κ1) is 24.8. The lowest BCUT2D eigenvalue weighted by molar-refractivity contribution is -0.131. The number of rotatable bonds is 6. The Morgan fingerprint density at radius 1 is 1.00 bits per heavy atom. The number of carbonyl (C=O) groups excluding carboxylic acids is 2. The van der Waals surface area contributed by atoms with Gasteiger partial charge in [-0.25, -0.2) is 17.2 Å². The van der Waals surface area contributed by atoms with Gasteiger partial charge in [0.25, 0.3) is 0 Å². The first-order chi connectivity index (χ1) is 15.5. The molecule has 1 aliphatic rings. The van der Waals surface area contributed by atoms with Crippen LogP contribution in [0.1, 0.15) is 35.6 Å². The zero-order valence-corrected chi connectivity index (χ0v) is 19.5. The summed E-state index contributed by atoms with van der Waals surface area (Å²) >= 11 is 0. The van der Waals surface area contributed by atoms with E-state index in [1.54, 1.807) is 18.2 Å². The second-order valence-corrected chi connectivity index (χ2v) is 10.1. The highest BCUT2D eigenvalue weighted by molar-refractivity contribution is 7.89. The van der Waals surface area contributed by atoms with Crippen LogP contribution in [0, 0.1) is 31.4 Å². The molecule has 0 saturated carbocycles. The third-order valence-electron chi connectivity index (χ3n) is 6.01. The van der Waals surface area contributed by atoms with Crippen LogP contribution >= 0.6 is 0 Å². The molecule has 0 spiro atoms. The topological polar surface area (TPSA) is 95.6 Å². The molecular formula is C23H27F2N3O4S. The molecule has 3 rings (SSSR count). The van der Waals surface area contributed by atoms with Gasteiger partial charge in [0, 0.05) is 26.1 Å². The summed E-state index contributed by atoms with van der Waals surface area (Å²) in [5, 5.41) is 4.99. The van der Waals surface area contributed by atoms with Gasteiger partial charge in [-0.2, -0.15) is 4.31 Å². The molecular weight excluding hydrogens is 452 g/mol. The lowest BCUT2D eigenvalue weighted by atomic mass is 9.96. The van der Waals surface area contributed by atoms with E-state index in [4.69, 9.17) is 0 Å². The Kier molecular flexibility index (Phi) is 7.48. The van der Waals surface area contributed by atoms with E-state index in [1.165, 1.54) is 17.4 Å². The zero-order valence-electron chi connectivity index (χ0n) is 18.7. The van der Waals surface area contributed by atoms with Gasteiger partial charge in [-0.1, -0.05) is 12.1 Å². The molecule has 2 N–H and O–H groups in total. The lowest BCUT2D eigenvalue weighted by Crippen LogP contribution is -2.46. The van der Waals surface area contributed by atoms with Crippen LogP contribution in [0.5, 0.6) is 0 Å². The van der Waals surface area contributed by atoms with Gasteiger partial charge < -0.3 is 10.6 Å². The van der Waals surface area contributed by atoms with Gasteiger partial charge in [0.15, 0.2) is 11.6 Å². The van der Waals surface area contributed by atoms with Crippen molar-refractivity contribution in [3.63, 3.8) is 0 Å². The van der Waals surface area contributed by atoms with Crippen molar-refractivity contribution in [2.24, 2.45) is 5.92 Å². The summed E-state index contributed by atoms with van der Waals surface area (Å²) in [6, 6.07) is 6.77. The van der Waals surface area contributed by atoms with E-state index in [2.05, 4.69) is 10.6 Å². The summed E-state index contributed by atoms with van der Waals surface area (Å²) in [7, 11) is -2.31. The second-order valence-electron chi connectivity index (χ2n) is 8.15. The fourth-order valence-electron chi connectivity index (χ4n) is 3.78. The van der Waals surface area contributed by atoms with Crippen LogP contribution in [0.3, 0.4) is 0 Å². The minimum Gasteiger partial charge on any atom is -0.357 e. The number of halogens is 2. The number of amides is 2. The Morgan fingerprint density at radius 3 is 2.24 bits per heavy atom. The summed E-state index contributed by atoms with van der Waals surface area (Å²) in [6.45, 7) is 4.06. The van der Waals surface area contributed by atoms with E-state index < -0.39 is 45.4 Å². The van der Waals surface area contributed by atoms with Crippen molar-refractivity contribution in [1.29, 1.82) is 0 Å². The van der Waals surface area contributed by atoms with Crippen molar-refractivity contribution in [1.82, 2.24) is 14.9 Å². The third-order valence-corrected chi connectivity index (χ3v) is 7.91. The van der Waals surface area contributed by atoms with Gasteiger partial charge in [0.1, 0.15) is 6.04 Å². The fraction of sp³-hybridized carbons (Fsp3) is 0.391. The molecule has 1 saturated heterocycles. The number of sulfonamides is 1. The van der Waals surface area contributed by atoms with Crippen molar-refractivity contribution in [3.8, 4) is 0 Å². The molecule has 0 bridgehead atoms. The van der Waals surface area contributed by atoms with E-state index in [0.717, 1.165) is 23.3 Å². The van der Waals surface area contributed by atoms with Crippen LogP contribution in [-0.2, 0) is 19.6 Å². The van der Waals surface area contributed by atoms with Crippen LogP contribution in [0.25, 0.3) is 0 Å². The normalized spacial score (nSPS) is 16.3. The molecule has 0 radical (unpaired) electrons. The minimum absolute atomic E-state index is 0.108. The van der Waals surface area contributed by atoms with Crippen LogP contribution < -0.4 is 10.6 Å². The molecule has 33 heavy (non-hydrogen) atoms. The number of likely N-dealkylation sites (N-methyl/N-ethyl adjacent to an activating group) is 1. The van der Waals surface area contributed by atoms with Crippen molar-refractivity contribution in [3.05, 3.63) is 64.7 Å². The molecule has 1 atom stereocenters. The Morgan fingerprint density at radius 2 is 1.67 bits per heavy atom. The number of carbonyl (C=O) groups is 2. The summed E-state index contributed by atoms with van der Waals surface area (Å²) in [4.78, 5) is 25.3. The largest absolute Gasteiger partial charge is 0.357 e. The van der Waals surface area contributed by atoms with E-state index in [9.17, 15) is 26.8 Å². The first-order valence-electron chi connectivity index (χ1n) is 10.6. The molecule has 1 heterocycles. The maximum Gasteiger partial charge on any atom is 0.246 e. The summed E-state index contributed by atoms with van der Waals surface area (Å²) in [5.41, 5.74) is 1.98. The zero-order chi connectivity index (χ0) is 24.3. The Bertz CT molecular complexity index is 1160. The monoisotopic (exact) mass is 479 g/mol. The SMILES string of the molecule is CNC(=O)C(NC(=O)C1CCN(S(=O)(=O)c2ccc(C)c(C)c2)CC1)c1ccc(F)c(F)c1. The highest BCUT2D eigenvalue weighted by Gasteiger charge is 2.34. The van der Waals surface area contributed by atoms with Crippen LogP contribution in [-0.4, -0.2) is 44.7 Å². The van der Waals surface area contributed by atoms with E-state index in [-0.39, 0.29) is 36.4 Å². The quantitative estimate of drug-likeness (QED) is 0.666. The molecule has 10 heteroatoms. The maximum absolute atomic E-state index is 13.7. The highest BCUT2D eigenvalue weighted by atomic mass is 32.2. The number of aryl methyl sites for hydroxylation is 2. The van der Waals surface area contributed by atoms with Gasteiger partial charge in [-0.05, 0) is 67.6 Å². The van der Waals surface area contributed by atoms with Crippen molar-refractivity contribution in [2.45, 2.75) is 37.6 Å². The number of nitrogens with one attached hydrogen (secondary N) is 2. The van der Waals surface area contributed by atoms with Gasteiger partial charge >= 0.3 is 0 Å². The Hall–Kier alpha value is -2.85. The van der Waals surface area contributed by atoms with Crippen molar-refractivity contribution in [2.75, 3.05) is 20.1 Å². The van der Waals surface area contributed by atoms with Crippen molar-refractivity contribution < 1.29 is 26.8 Å². The Balaban J connectivity index is 1.69. The Labute approximate surface area is 192 Å². The van der Waals surface area contributed by atoms with E-state index in [0.29, 0.717) is 0 Å². The van der Waals surface area contributed by atoms with E-state index in [1.807, 2.05) is 13.8 Å². The summed E-state index contributed by atoms with van der Waals surface area (Å²) < 4.78 is 54.3. The number of hydrogen-bond acceptors (Lipinski definition) is 4. The molecule has 1 fully saturated rings. The number of hydrogen-bond donors (Lipinski definition) is 2. The smallest absolute Gasteiger partial charge is 0.246 e. The highest BCUT2D eigenvalue weighted by Crippen LogP contribution is 2.26. The number of benzene rings is 2. The van der Waals surface area contributed by atoms with Gasteiger partial charge in [0.05, 0.1) is 4.90 Å². The molecule has 1 unspecified atom stereocenters. The van der Waals surface area contributed by atoms with Gasteiger partial charge in [0.2, 0.25) is 21.8 Å². The van der Waals surface area contributed by atoms with Crippen LogP contribution in [0.15, 0.2) is 41.3 Å². The maximum atomic E-state index is 13.7. The third kappa shape index (κ3) is 5.39. The van der Waals surface area contributed by atoms with Crippen LogP contribution in [0.2, 0.25) is 0 Å². The second kappa shape index (κ2) is 9.96. The number of nitrogens with zero attached hydrogens (tertiary/aromatic N) is 1. The molecule has 2 aromatic carbocycles. The minimum atomic E-state index is -3.68. The molecule has 1 aliphatic heterocycles. The van der Waals surface area contributed by atoms with Gasteiger partial charge in [-0.3, -0.25) is 9.59 Å². The fourth-order valence-corrected chi connectivity index (χ4v) is 5.33. The van der Waals surface area contributed by atoms with Crippen molar-refractivity contribution >= 4 is 21.8 Å². The summed E-state index contributed by atoms with van der Waals surface area (Å²) in [6.07, 6.45) is 0.544. The molecule has 0 aliphatic carbocycles. The predicted octanol–water partition coefficient (Wildman–Crippen LogP) is 2.59. The lowest BCUT2D eigenvalue weighted by Gasteiger charge is -2.31. The standard InChI is InChI=1S/C23H27F2N3O4S/c1-14-4-6-18(12-15(14)2)33(31,32)28-10-8-16(9-11-28)22(29)27-21(23(30)26-3)17-5-7-19(24)20(25)13-17/h4-7,12-13,16,21H,8-11H2,1-3H3,(H,26,30)(H,27,29). The molecule has 2 amide bonds. The average molecular weight is 480 g/mol. The van der Waals surface area contributed by atoms with E-state index >= 15 is 0 Å². The predicted molar refractivity (Wildman–Crippen MR) is 119 cm³/mol. The first-order valence-corrected chi connectivity index (χ1v) is 12.0. The van der Waals surface area contributed by atoms with Crippen LogP contribution in [0.4, 0.5) is 8.78 Å². The summed E-state index contributed by atoms with van der Waals surface area (Å²) in [5.74, 6) is -3.73. The molecule has 2 aromatic rings. The number of piperidine rings is 1. The average Bonchev–Trinajstić information content (AvgIpc) is 2.80. The molecule has 178 valence electrons.